The molecule has 0 unspecified atom stereocenters. The second-order valence-electron chi connectivity index (χ2n) is 2.30. The first-order chi connectivity index (χ1) is 5.77. The Morgan fingerprint density at radius 1 is 1.67 bits per heavy atom. The minimum Gasteiger partial charge on any atom is -0.467 e. The van der Waals surface area contributed by atoms with Gasteiger partial charge in [-0.2, -0.15) is 5.26 Å². The van der Waals surface area contributed by atoms with Crippen molar-refractivity contribution >= 4 is 0 Å². The van der Waals surface area contributed by atoms with Gasteiger partial charge in [0.25, 0.3) is 0 Å². The molecule has 62 valence electrons. The van der Waals surface area contributed by atoms with Crippen LogP contribution in [0.15, 0.2) is 6.20 Å². The molecule has 1 heterocycles. The molecule has 4 heteroatoms. The van der Waals surface area contributed by atoms with Crippen molar-refractivity contribution in [2.45, 2.75) is 13.3 Å². The van der Waals surface area contributed by atoms with Gasteiger partial charge in [-0.1, -0.05) is 0 Å². The minimum atomic E-state index is 0.342. The number of aryl methyl sites for hydroxylation is 1. The lowest BCUT2D eigenvalue weighted by Gasteiger charge is -2.01. The summed E-state index contributed by atoms with van der Waals surface area (Å²) >= 11 is 0. The Bertz CT molecular complexity index is 317. The van der Waals surface area contributed by atoms with Gasteiger partial charge < -0.3 is 4.74 Å². The molecular weight excluding hydrogens is 154 g/mol. The van der Waals surface area contributed by atoms with Crippen molar-refractivity contribution in [1.82, 2.24) is 9.97 Å². The van der Waals surface area contributed by atoms with E-state index in [-0.39, 0.29) is 0 Å². The highest BCUT2D eigenvalue weighted by Gasteiger charge is 2.01. The van der Waals surface area contributed by atoms with Crippen LogP contribution in [0.25, 0.3) is 0 Å². The Morgan fingerprint density at radius 2 is 2.42 bits per heavy atom. The zero-order valence-electron chi connectivity index (χ0n) is 7.03. The number of methoxy groups -OCH3 is 1. The normalized spacial score (nSPS) is 9.08. The zero-order valence-corrected chi connectivity index (χ0v) is 7.03. The van der Waals surface area contributed by atoms with Crippen molar-refractivity contribution in [3.05, 3.63) is 17.5 Å². The first-order valence-corrected chi connectivity index (χ1v) is 3.51. The maximum Gasteiger partial charge on any atom is 0.316 e. The molecule has 0 fully saturated rings. The quantitative estimate of drug-likeness (QED) is 0.648. The average Bonchev–Trinajstić information content (AvgIpc) is 2.09. The van der Waals surface area contributed by atoms with Crippen molar-refractivity contribution in [3.63, 3.8) is 0 Å². The third-order valence-electron chi connectivity index (χ3n) is 1.51. The highest BCUT2D eigenvalue weighted by molar-refractivity contribution is 5.20. The molecule has 0 N–H and O–H groups in total. The smallest absolute Gasteiger partial charge is 0.316 e. The Balaban J connectivity index is 2.97. The van der Waals surface area contributed by atoms with E-state index in [2.05, 4.69) is 9.97 Å². The third-order valence-corrected chi connectivity index (χ3v) is 1.51. The lowest BCUT2D eigenvalue weighted by Crippen LogP contribution is -1.97. The van der Waals surface area contributed by atoms with Crippen LogP contribution in [0, 0.1) is 18.3 Å². The molecule has 0 atom stereocenters. The molecule has 0 saturated heterocycles. The van der Waals surface area contributed by atoms with E-state index in [1.54, 1.807) is 6.20 Å². The fourth-order valence-electron chi connectivity index (χ4n) is 0.828. The molecule has 0 aliphatic rings. The Kier molecular flexibility index (Phi) is 2.59. The number of hydrogen-bond donors (Lipinski definition) is 0. The second-order valence-corrected chi connectivity index (χ2v) is 2.30. The Hall–Kier alpha value is -1.63. The topological polar surface area (TPSA) is 58.8 Å². The van der Waals surface area contributed by atoms with Gasteiger partial charge in [0, 0.05) is 17.5 Å². The monoisotopic (exact) mass is 163 g/mol. The summed E-state index contributed by atoms with van der Waals surface area (Å²) < 4.78 is 4.82. The maximum atomic E-state index is 8.43. The standard InChI is InChI=1S/C8H9N3O/c1-6-7(3-4-9)5-10-8(11-6)12-2/h5H,3H2,1-2H3. The first-order valence-electron chi connectivity index (χ1n) is 3.51. The fraction of sp³-hybridized carbons (Fsp3) is 0.375. The van der Waals surface area contributed by atoms with Crippen LogP contribution < -0.4 is 4.74 Å². The fourth-order valence-corrected chi connectivity index (χ4v) is 0.828. The van der Waals surface area contributed by atoms with Crippen LogP contribution in [0.4, 0.5) is 0 Å². The van der Waals surface area contributed by atoms with E-state index in [9.17, 15) is 0 Å². The van der Waals surface area contributed by atoms with E-state index in [0.717, 1.165) is 11.3 Å². The summed E-state index contributed by atoms with van der Waals surface area (Å²) in [7, 11) is 1.51. The molecule has 0 aromatic carbocycles. The van der Waals surface area contributed by atoms with E-state index in [0.29, 0.717) is 12.4 Å². The number of ether oxygens (including phenoxy) is 1. The number of nitriles is 1. The molecule has 4 nitrogen and oxygen atoms in total. The van der Waals surface area contributed by atoms with Gasteiger partial charge >= 0.3 is 6.01 Å². The van der Waals surface area contributed by atoms with Crippen molar-refractivity contribution in [2.24, 2.45) is 0 Å². The highest BCUT2D eigenvalue weighted by atomic mass is 16.5. The summed E-state index contributed by atoms with van der Waals surface area (Å²) in [4.78, 5) is 7.92. The van der Waals surface area contributed by atoms with E-state index in [1.807, 2.05) is 13.0 Å². The molecule has 0 bridgehead atoms. The van der Waals surface area contributed by atoms with E-state index in [4.69, 9.17) is 10.00 Å². The molecule has 0 amide bonds. The summed E-state index contributed by atoms with van der Waals surface area (Å²) in [5.74, 6) is 0. The van der Waals surface area contributed by atoms with Crippen molar-refractivity contribution in [2.75, 3.05) is 7.11 Å². The number of rotatable bonds is 2. The van der Waals surface area contributed by atoms with Gasteiger partial charge in [0.2, 0.25) is 0 Å². The molecule has 0 saturated carbocycles. The van der Waals surface area contributed by atoms with Gasteiger partial charge in [0.05, 0.1) is 19.6 Å². The minimum absolute atomic E-state index is 0.342. The van der Waals surface area contributed by atoms with Crippen molar-refractivity contribution in [3.8, 4) is 12.1 Å². The largest absolute Gasteiger partial charge is 0.467 e. The SMILES string of the molecule is COc1ncc(CC#N)c(C)n1. The van der Waals surface area contributed by atoms with Crippen molar-refractivity contribution in [1.29, 1.82) is 5.26 Å². The van der Waals surface area contributed by atoms with Gasteiger partial charge in [-0.25, -0.2) is 9.97 Å². The molecule has 0 aliphatic heterocycles. The van der Waals surface area contributed by atoms with Crippen LogP contribution in [0.3, 0.4) is 0 Å². The third kappa shape index (κ3) is 1.70. The molecule has 1 aromatic heterocycles. The van der Waals surface area contributed by atoms with E-state index >= 15 is 0 Å². The maximum absolute atomic E-state index is 8.43. The van der Waals surface area contributed by atoms with Crippen LogP contribution in [-0.2, 0) is 6.42 Å². The van der Waals surface area contributed by atoms with Gasteiger partial charge in [-0.15, -0.1) is 0 Å². The van der Waals surface area contributed by atoms with Crippen LogP contribution >= 0.6 is 0 Å². The number of hydrogen-bond acceptors (Lipinski definition) is 4. The molecule has 12 heavy (non-hydrogen) atoms. The second kappa shape index (κ2) is 3.67. The first kappa shape index (κ1) is 8.47. The predicted molar refractivity (Wildman–Crippen MR) is 42.6 cm³/mol. The molecule has 0 spiro atoms. The lowest BCUT2D eigenvalue weighted by molar-refractivity contribution is 0.378. The predicted octanol–water partition coefficient (Wildman–Crippen LogP) is 0.860. The summed E-state index contributed by atoms with van der Waals surface area (Å²) in [6, 6.07) is 2.38. The van der Waals surface area contributed by atoms with Crippen LogP contribution in [0.5, 0.6) is 6.01 Å². The van der Waals surface area contributed by atoms with Crippen molar-refractivity contribution < 1.29 is 4.74 Å². The lowest BCUT2D eigenvalue weighted by atomic mass is 10.2. The zero-order chi connectivity index (χ0) is 8.97. The van der Waals surface area contributed by atoms with E-state index < -0.39 is 0 Å². The molecule has 1 rings (SSSR count). The molecule has 1 aromatic rings. The Labute approximate surface area is 70.8 Å². The molecule has 0 aliphatic carbocycles. The summed E-state index contributed by atoms with van der Waals surface area (Å²) in [6.07, 6.45) is 1.96. The average molecular weight is 163 g/mol. The van der Waals surface area contributed by atoms with Gasteiger partial charge in [-0.05, 0) is 6.92 Å². The summed E-state index contributed by atoms with van der Waals surface area (Å²) in [5, 5.41) is 8.43. The number of aromatic nitrogens is 2. The molecule has 0 radical (unpaired) electrons. The van der Waals surface area contributed by atoms with Crippen LogP contribution in [0.1, 0.15) is 11.3 Å². The number of nitrogens with zero attached hydrogens (tertiary/aromatic N) is 3. The van der Waals surface area contributed by atoms with Crippen LogP contribution in [0.2, 0.25) is 0 Å². The van der Waals surface area contributed by atoms with E-state index in [1.165, 1.54) is 7.11 Å². The Morgan fingerprint density at radius 3 is 2.92 bits per heavy atom. The molecular formula is C8H9N3O. The summed E-state index contributed by atoms with van der Waals surface area (Å²) in [6.45, 7) is 1.83. The highest BCUT2D eigenvalue weighted by Crippen LogP contribution is 2.07. The van der Waals surface area contributed by atoms with Gasteiger partial charge in [0.15, 0.2) is 0 Å². The van der Waals surface area contributed by atoms with Crippen LogP contribution in [-0.4, -0.2) is 17.1 Å². The summed E-state index contributed by atoms with van der Waals surface area (Å²) in [5.41, 5.74) is 1.64. The van der Waals surface area contributed by atoms with Gasteiger partial charge in [0.1, 0.15) is 0 Å². The van der Waals surface area contributed by atoms with Gasteiger partial charge in [-0.3, -0.25) is 0 Å².